The number of aryl methyl sites for hydroxylation is 1. The SMILES string of the molecule is CCNC(=O)COc1ccc(C=C2CCc3c(cnn3C)C2=O)cc1. The van der Waals surface area contributed by atoms with Crippen molar-refractivity contribution in [1.82, 2.24) is 15.1 Å². The van der Waals surface area contributed by atoms with Gasteiger partial charge in [-0.2, -0.15) is 5.10 Å². The number of allylic oxidation sites excluding steroid dienone is 1. The van der Waals surface area contributed by atoms with Crippen LogP contribution in [0.2, 0.25) is 0 Å². The van der Waals surface area contributed by atoms with Crippen LogP contribution in [0.15, 0.2) is 36.0 Å². The Morgan fingerprint density at radius 3 is 2.80 bits per heavy atom. The van der Waals surface area contributed by atoms with Crippen molar-refractivity contribution in [2.24, 2.45) is 7.05 Å². The summed E-state index contributed by atoms with van der Waals surface area (Å²) in [6, 6.07) is 7.36. The predicted molar refractivity (Wildman–Crippen MR) is 94.5 cm³/mol. The zero-order valence-corrected chi connectivity index (χ0v) is 14.4. The Morgan fingerprint density at radius 1 is 1.32 bits per heavy atom. The minimum absolute atomic E-state index is 0.00343. The lowest BCUT2D eigenvalue weighted by molar-refractivity contribution is -0.122. The van der Waals surface area contributed by atoms with E-state index in [1.54, 1.807) is 23.0 Å². The number of likely N-dealkylation sites (N-methyl/N-ethyl adjacent to an activating group) is 1. The molecule has 0 saturated carbocycles. The van der Waals surface area contributed by atoms with Crippen LogP contribution in [0.3, 0.4) is 0 Å². The Balaban J connectivity index is 1.68. The van der Waals surface area contributed by atoms with Crippen LogP contribution in [0.25, 0.3) is 6.08 Å². The van der Waals surface area contributed by atoms with Crippen molar-refractivity contribution in [3.63, 3.8) is 0 Å². The van der Waals surface area contributed by atoms with E-state index in [1.165, 1.54) is 0 Å². The summed E-state index contributed by atoms with van der Waals surface area (Å²) < 4.78 is 7.19. The number of fused-ring (bicyclic) bond motifs is 1. The van der Waals surface area contributed by atoms with E-state index < -0.39 is 0 Å². The van der Waals surface area contributed by atoms with Crippen LogP contribution in [-0.4, -0.2) is 34.6 Å². The van der Waals surface area contributed by atoms with Gasteiger partial charge in [0, 0.05) is 24.9 Å². The minimum atomic E-state index is -0.145. The lowest BCUT2D eigenvalue weighted by Crippen LogP contribution is -2.28. The fraction of sp³-hybridized carbons (Fsp3) is 0.316. The van der Waals surface area contributed by atoms with Crippen molar-refractivity contribution in [3.8, 4) is 5.75 Å². The first-order chi connectivity index (χ1) is 12.1. The van der Waals surface area contributed by atoms with Gasteiger partial charge in [0.25, 0.3) is 5.91 Å². The molecule has 1 aliphatic rings. The predicted octanol–water partition coefficient (Wildman–Crippen LogP) is 2.15. The maximum absolute atomic E-state index is 12.5. The van der Waals surface area contributed by atoms with Crippen LogP contribution >= 0.6 is 0 Å². The smallest absolute Gasteiger partial charge is 0.257 e. The van der Waals surface area contributed by atoms with Crippen LogP contribution < -0.4 is 10.1 Å². The van der Waals surface area contributed by atoms with Crippen molar-refractivity contribution < 1.29 is 14.3 Å². The molecule has 2 aromatic rings. The van der Waals surface area contributed by atoms with Gasteiger partial charge in [-0.1, -0.05) is 12.1 Å². The minimum Gasteiger partial charge on any atom is -0.484 e. The third-order valence-corrected chi connectivity index (χ3v) is 4.19. The largest absolute Gasteiger partial charge is 0.484 e. The maximum Gasteiger partial charge on any atom is 0.257 e. The first-order valence-electron chi connectivity index (χ1n) is 8.34. The van der Waals surface area contributed by atoms with Gasteiger partial charge in [-0.3, -0.25) is 14.3 Å². The highest BCUT2D eigenvalue weighted by molar-refractivity contribution is 6.12. The quantitative estimate of drug-likeness (QED) is 0.847. The molecule has 0 aliphatic heterocycles. The number of ether oxygens (including phenoxy) is 1. The molecule has 0 atom stereocenters. The molecular weight excluding hydrogens is 318 g/mol. The van der Waals surface area contributed by atoms with Gasteiger partial charge in [-0.25, -0.2) is 0 Å². The highest BCUT2D eigenvalue weighted by Crippen LogP contribution is 2.26. The Morgan fingerprint density at radius 2 is 2.08 bits per heavy atom. The number of benzene rings is 1. The fourth-order valence-electron chi connectivity index (χ4n) is 2.88. The van der Waals surface area contributed by atoms with E-state index >= 15 is 0 Å². The van der Waals surface area contributed by atoms with Crippen molar-refractivity contribution in [2.45, 2.75) is 19.8 Å². The summed E-state index contributed by atoms with van der Waals surface area (Å²) in [5, 5.41) is 6.85. The number of nitrogens with zero attached hydrogens (tertiary/aromatic N) is 2. The molecule has 0 spiro atoms. The molecule has 1 aromatic heterocycles. The molecule has 1 aromatic carbocycles. The standard InChI is InChI=1S/C19H21N3O3/c1-3-20-18(23)12-25-15-7-4-13(5-8-15)10-14-6-9-17-16(19(14)24)11-21-22(17)2/h4-5,7-8,10-11H,3,6,9,12H2,1-2H3,(H,20,23). The van der Waals surface area contributed by atoms with Gasteiger partial charge in [0.1, 0.15) is 5.75 Å². The molecule has 6 nitrogen and oxygen atoms in total. The number of nitrogens with one attached hydrogen (secondary N) is 1. The average molecular weight is 339 g/mol. The topological polar surface area (TPSA) is 73.2 Å². The summed E-state index contributed by atoms with van der Waals surface area (Å²) >= 11 is 0. The van der Waals surface area contributed by atoms with Crippen LogP contribution in [0, 0.1) is 0 Å². The molecule has 1 aliphatic carbocycles. The Kier molecular flexibility index (Phi) is 4.97. The van der Waals surface area contributed by atoms with Gasteiger partial charge >= 0.3 is 0 Å². The van der Waals surface area contributed by atoms with Gasteiger partial charge < -0.3 is 10.1 Å². The number of Topliss-reactive ketones (excluding diaryl/α,β-unsaturated/α-hetero) is 1. The second-order valence-corrected chi connectivity index (χ2v) is 5.94. The monoisotopic (exact) mass is 339 g/mol. The summed E-state index contributed by atoms with van der Waals surface area (Å²) in [5.74, 6) is 0.526. The third-order valence-electron chi connectivity index (χ3n) is 4.19. The number of rotatable bonds is 5. The zero-order valence-electron chi connectivity index (χ0n) is 14.4. The normalized spacial score (nSPS) is 15.1. The van der Waals surface area contributed by atoms with Crippen molar-refractivity contribution in [2.75, 3.05) is 13.2 Å². The lowest BCUT2D eigenvalue weighted by atomic mass is 9.90. The first-order valence-corrected chi connectivity index (χ1v) is 8.34. The van der Waals surface area contributed by atoms with E-state index in [0.29, 0.717) is 24.3 Å². The molecule has 0 fully saturated rings. The number of hydrogen-bond donors (Lipinski definition) is 1. The highest BCUT2D eigenvalue weighted by atomic mass is 16.5. The molecule has 0 unspecified atom stereocenters. The summed E-state index contributed by atoms with van der Waals surface area (Å²) in [4.78, 5) is 23.9. The average Bonchev–Trinajstić information content (AvgIpc) is 2.99. The summed E-state index contributed by atoms with van der Waals surface area (Å²) in [7, 11) is 1.86. The number of carbonyl (C=O) groups excluding carboxylic acids is 2. The number of ketones is 1. The molecule has 3 rings (SSSR count). The molecule has 1 N–H and O–H groups in total. The van der Waals surface area contributed by atoms with Gasteiger partial charge in [0.2, 0.25) is 0 Å². The molecule has 0 radical (unpaired) electrons. The van der Waals surface area contributed by atoms with Gasteiger partial charge in [-0.05, 0) is 43.5 Å². The molecule has 6 heteroatoms. The fourth-order valence-corrected chi connectivity index (χ4v) is 2.88. The van der Waals surface area contributed by atoms with Crippen LogP contribution in [0.1, 0.15) is 35.0 Å². The number of aromatic nitrogens is 2. The van der Waals surface area contributed by atoms with E-state index in [9.17, 15) is 9.59 Å². The molecule has 0 saturated heterocycles. The second kappa shape index (κ2) is 7.34. The van der Waals surface area contributed by atoms with Crippen molar-refractivity contribution in [1.29, 1.82) is 0 Å². The highest BCUT2D eigenvalue weighted by Gasteiger charge is 2.24. The molecule has 1 heterocycles. The van der Waals surface area contributed by atoms with Crippen LogP contribution in [-0.2, 0) is 18.3 Å². The molecule has 25 heavy (non-hydrogen) atoms. The number of hydrogen-bond acceptors (Lipinski definition) is 4. The van der Waals surface area contributed by atoms with E-state index in [2.05, 4.69) is 10.4 Å². The molecular formula is C19H21N3O3. The van der Waals surface area contributed by atoms with E-state index in [0.717, 1.165) is 23.3 Å². The number of amides is 1. The molecule has 1 amide bonds. The van der Waals surface area contributed by atoms with Crippen molar-refractivity contribution >= 4 is 17.8 Å². The third kappa shape index (κ3) is 3.79. The Labute approximate surface area is 146 Å². The van der Waals surface area contributed by atoms with Crippen LogP contribution in [0.5, 0.6) is 5.75 Å². The van der Waals surface area contributed by atoms with E-state index in [-0.39, 0.29) is 18.3 Å². The van der Waals surface area contributed by atoms with E-state index in [4.69, 9.17) is 4.74 Å². The van der Waals surface area contributed by atoms with Gasteiger partial charge in [-0.15, -0.1) is 0 Å². The van der Waals surface area contributed by atoms with Crippen molar-refractivity contribution in [3.05, 3.63) is 52.9 Å². The van der Waals surface area contributed by atoms with Gasteiger partial charge in [0.05, 0.1) is 11.8 Å². The van der Waals surface area contributed by atoms with E-state index in [1.807, 2.05) is 32.2 Å². The summed E-state index contributed by atoms with van der Waals surface area (Å²) in [6.45, 7) is 2.44. The van der Waals surface area contributed by atoms with Gasteiger partial charge in [0.15, 0.2) is 12.4 Å². The second-order valence-electron chi connectivity index (χ2n) is 5.94. The Bertz CT molecular complexity index is 819. The maximum atomic E-state index is 12.5. The molecule has 130 valence electrons. The molecule has 0 bridgehead atoms. The zero-order chi connectivity index (χ0) is 17.8. The Hall–Kier alpha value is -2.89. The summed E-state index contributed by atoms with van der Waals surface area (Å²) in [6.07, 6.45) is 5.08. The van der Waals surface area contributed by atoms with Crippen LogP contribution in [0.4, 0.5) is 0 Å². The lowest BCUT2D eigenvalue weighted by Gasteiger charge is -2.14. The number of carbonyl (C=O) groups is 2. The first kappa shape index (κ1) is 17.0. The summed E-state index contributed by atoms with van der Waals surface area (Å²) in [5.41, 5.74) is 3.41.